The van der Waals surface area contributed by atoms with Crippen molar-refractivity contribution in [1.29, 1.82) is 0 Å². The largest absolute Gasteiger partial charge is 0.494 e. The fourth-order valence-corrected chi connectivity index (χ4v) is 2.06. The van der Waals surface area contributed by atoms with Crippen LogP contribution >= 0.6 is 0 Å². The van der Waals surface area contributed by atoms with Crippen molar-refractivity contribution in [3.8, 4) is 11.5 Å². The van der Waals surface area contributed by atoms with Crippen LogP contribution in [-0.2, 0) is 0 Å². The Morgan fingerprint density at radius 3 is 2.41 bits per heavy atom. The zero-order valence-corrected chi connectivity index (χ0v) is 10.4. The van der Waals surface area contributed by atoms with Gasteiger partial charge in [-0.05, 0) is 50.6 Å². The number of piperidine rings is 1. The van der Waals surface area contributed by atoms with Crippen LogP contribution < -0.4 is 14.8 Å². The Labute approximate surface area is 103 Å². The molecule has 1 heterocycles. The summed E-state index contributed by atoms with van der Waals surface area (Å²) in [6, 6.07) is 8.34. The van der Waals surface area contributed by atoms with Gasteiger partial charge in [0.05, 0.1) is 6.61 Å². The van der Waals surface area contributed by atoms with Gasteiger partial charge in [0.1, 0.15) is 18.1 Å². The number of nitrogens with one attached hydrogen (secondary N) is 1. The summed E-state index contributed by atoms with van der Waals surface area (Å²) in [6.07, 6.45) is 3.82. The highest BCUT2D eigenvalue weighted by Gasteiger charge is 2.12. The van der Waals surface area contributed by atoms with Gasteiger partial charge in [0.15, 0.2) is 0 Å². The van der Waals surface area contributed by atoms with Crippen LogP contribution in [0, 0.1) is 0 Å². The average molecular weight is 235 g/mol. The second-order valence-corrected chi connectivity index (χ2v) is 4.36. The fourth-order valence-electron chi connectivity index (χ4n) is 2.06. The fraction of sp³-hybridized carbons (Fsp3) is 0.571. The molecule has 1 aromatic rings. The summed E-state index contributed by atoms with van der Waals surface area (Å²) in [5.74, 6) is 1.82. The molecule has 2 rings (SSSR count). The van der Waals surface area contributed by atoms with Crippen LogP contribution in [0.15, 0.2) is 24.3 Å². The van der Waals surface area contributed by atoms with E-state index in [9.17, 15) is 0 Å². The van der Waals surface area contributed by atoms with Crippen LogP contribution in [0.5, 0.6) is 11.5 Å². The number of hydrogen-bond acceptors (Lipinski definition) is 3. The summed E-state index contributed by atoms with van der Waals surface area (Å²) >= 11 is 0. The number of hydrogen-bond donors (Lipinski definition) is 1. The Morgan fingerprint density at radius 1 is 1.12 bits per heavy atom. The molecule has 0 radical (unpaired) electrons. The predicted molar refractivity (Wildman–Crippen MR) is 68.7 cm³/mol. The second kappa shape index (κ2) is 6.50. The molecular weight excluding hydrogens is 214 g/mol. The van der Waals surface area contributed by atoms with E-state index in [0.29, 0.717) is 12.6 Å². The molecule has 1 unspecified atom stereocenters. The van der Waals surface area contributed by atoms with Crippen LogP contribution in [0.2, 0.25) is 0 Å². The first kappa shape index (κ1) is 12.2. The molecule has 0 aliphatic carbocycles. The first-order valence-corrected chi connectivity index (χ1v) is 6.47. The molecule has 1 saturated heterocycles. The highest BCUT2D eigenvalue weighted by Crippen LogP contribution is 2.18. The van der Waals surface area contributed by atoms with Crippen molar-refractivity contribution in [1.82, 2.24) is 5.32 Å². The van der Waals surface area contributed by atoms with Crippen LogP contribution in [-0.4, -0.2) is 25.8 Å². The summed E-state index contributed by atoms with van der Waals surface area (Å²) in [6.45, 7) is 4.57. The van der Waals surface area contributed by atoms with Crippen LogP contribution in [0.3, 0.4) is 0 Å². The van der Waals surface area contributed by atoms with Gasteiger partial charge in [0, 0.05) is 6.04 Å². The maximum atomic E-state index is 5.76. The summed E-state index contributed by atoms with van der Waals surface area (Å²) in [7, 11) is 0. The van der Waals surface area contributed by atoms with E-state index in [4.69, 9.17) is 9.47 Å². The number of benzene rings is 1. The summed E-state index contributed by atoms with van der Waals surface area (Å²) < 4.78 is 11.1. The smallest absolute Gasteiger partial charge is 0.119 e. The molecule has 3 heteroatoms. The zero-order chi connectivity index (χ0) is 11.9. The zero-order valence-electron chi connectivity index (χ0n) is 10.4. The molecule has 0 spiro atoms. The maximum absolute atomic E-state index is 5.76. The molecule has 94 valence electrons. The van der Waals surface area contributed by atoms with E-state index in [1.165, 1.54) is 19.3 Å². The summed E-state index contributed by atoms with van der Waals surface area (Å²) in [5, 5.41) is 3.47. The molecule has 1 N–H and O–H groups in total. The van der Waals surface area contributed by atoms with Crippen LogP contribution in [0.25, 0.3) is 0 Å². The topological polar surface area (TPSA) is 30.5 Å². The van der Waals surface area contributed by atoms with E-state index >= 15 is 0 Å². The minimum absolute atomic E-state index is 0.510. The normalized spacial score (nSPS) is 19.9. The maximum Gasteiger partial charge on any atom is 0.119 e. The highest BCUT2D eigenvalue weighted by molar-refractivity contribution is 5.31. The van der Waals surface area contributed by atoms with E-state index in [2.05, 4.69) is 5.32 Å². The minimum Gasteiger partial charge on any atom is -0.494 e. The van der Waals surface area contributed by atoms with E-state index < -0.39 is 0 Å². The quantitative estimate of drug-likeness (QED) is 0.851. The SMILES string of the molecule is CCOc1ccc(OCC2CCCCN2)cc1. The molecule has 3 nitrogen and oxygen atoms in total. The lowest BCUT2D eigenvalue weighted by Crippen LogP contribution is -2.38. The first-order chi connectivity index (χ1) is 8.38. The molecule has 0 amide bonds. The van der Waals surface area contributed by atoms with E-state index in [1.54, 1.807) is 0 Å². The van der Waals surface area contributed by atoms with Gasteiger partial charge in [-0.1, -0.05) is 6.42 Å². The standard InChI is InChI=1S/C14H21NO2/c1-2-16-13-6-8-14(9-7-13)17-11-12-5-3-4-10-15-12/h6-9,12,15H,2-5,10-11H2,1H3. The molecule has 1 fully saturated rings. The third kappa shape index (κ3) is 3.93. The van der Waals surface area contributed by atoms with Gasteiger partial charge in [-0.15, -0.1) is 0 Å². The molecule has 1 atom stereocenters. The molecule has 0 bridgehead atoms. The molecule has 0 saturated carbocycles. The van der Waals surface area contributed by atoms with E-state index in [-0.39, 0.29) is 0 Å². The first-order valence-electron chi connectivity index (χ1n) is 6.47. The average Bonchev–Trinajstić information content (AvgIpc) is 2.40. The van der Waals surface area contributed by atoms with Crippen molar-refractivity contribution in [3.05, 3.63) is 24.3 Å². The van der Waals surface area contributed by atoms with Gasteiger partial charge >= 0.3 is 0 Å². The van der Waals surface area contributed by atoms with Gasteiger partial charge in [-0.25, -0.2) is 0 Å². The summed E-state index contributed by atoms with van der Waals surface area (Å²) in [5.41, 5.74) is 0. The Bertz CT molecular complexity index is 317. The number of ether oxygens (including phenoxy) is 2. The number of rotatable bonds is 5. The van der Waals surface area contributed by atoms with E-state index in [1.807, 2.05) is 31.2 Å². The predicted octanol–water partition coefficient (Wildman–Crippen LogP) is 2.61. The molecule has 0 aromatic heterocycles. The van der Waals surface area contributed by atoms with Crippen LogP contribution in [0.1, 0.15) is 26.2 Å². The van der Waals surface area contributed by atoms with Gasteiger partial charge in [0.2, 0.25) is 0 Å². The Balaban J connectivity index is 1.77. The van der Waals surface area contributed by atoms with Crippen molar-refractivity contribution >= 4 is 0 Å². The van der Waals surface area contributed by atoms with Crippen molar-refractivity contribution in [2.24, 2.45) is 0 Å². The molecule has 1 aliphatic rings. The van der Waals surface area contributed by atoms with Crippen molar-refractivity contribution in [2.45, 2.75) is 32.2 Å². The Morgan fingerprint density at radius 2 is 1.82 bits per heavy atom. The second-order valence-electron chi connectivity index (χ2n) is 4.36. The van der Waals surface area contributed by atoms with Crippen molar-refractivity contribution in [3.63, 3.8) is 0 Å². The monoisotopic (exact) mass is 235 g/mol. The van der Waals surface area contributed by atoms with Crippen molar-refractivity contribution < 1.29 is 9.47 Å². The molecular formula is C14H21NO2. The van der Waals surface area contributed by atoms with Crippen molar-refractivity contribution in [2.75, 3.05) is 19.8 Å². The van der Waals surface area contributed by atoms with Gasteiger partial charge < -0.3 is 14.8 Å². The Kier molecular flexibility index (Phi) is 4.68. The van der Waals surface area contributed by atoms with Crippen LogP contribution in [0.4, 0.5) is 0 Å². The molecule has 1 aliphatic heterocycles. The Hall–Kier alpha value is -1.22. The summed E-state index contributed by atoms with van der Waals surface area (Å²) in [4.78, 5) is 0. The third-order valence-electron chi connectivity index (χ3n) is 3.00. The lowest BCUT2D eigenvalue weighted by molar-refractivity contribution is 0.238. The highest BCUT2D eigenvalue weighted by atomic mass is 16.5. The van der Waals surface area contributed by atoms with Gasteiger partial charge in [-0.3, -0.25) is 0 Å². The molecule has 17 heavy (non-hydrogen) atoms. The molecule has 1 aromatic carbocycles. The minimum atomic E-state index is 0.510. The lowest BCUT2D eigenvalue weighted by atomic mass is 10.1. The van der Waals surface area contributed by atoms with E-state index in [0.717, 1.165) is 24.7 Å². The third-order valence-corrected chi connectivity index (χ3v) is 3.00. The van der Waals surface area contributed by atoms with Gasteiger partial charge in [0.25, 0.3) is 0 Å². The van der Waals surface area contributed by atoms with Gasteiger partial charge in [-0.2, -0.15) is 0 Å². The lowest BCUT2D eigenvalue weighted by Gasteiger charge is -2.23.